The van der Waals surface area contributed by atoms with Crippen LogP contribution in [0.1, 0.15) is 10.5 Å². The smallest absolute Gasteiger partial charge is 0.276 e. The van der Waals surface area contributed by atoms with Crippen LogP contribution in [-0.2, 0) is 0 Å². The maximum atomic E-state index is 12.9. The number of rotatable bonds is 5. The molecule has 5 rings (SSSR count). The summed E-state index contributed by atoms with van der Waals surface area (Å²) in [6.45, 7) is 3.39. The molecule has 0 spiro atoms. The minimum atomic E-state index is -0.263. The van der Waals surface area contributed by atoms with Gasteiger partial charge >= 0.3 is 0 Å². The first-order chi connectivity index (χ1) is 16.2. The Morgan fingerprint density at radius 2 is 1.42 bits per heavy atom. The molecule has 0 unspecified atom stereocenters. The first-order valence-corrected chi connectivity index (χ1v) is 11.0. The van der Waals surface area contributed by atoms with Crippen LogP contribution >= 0.6 is 0 Å². The second-order valence-corrected chi connectivity index (χ2v) is 7.91. The molecule has 1 N–H and O–H groups in total. The van der Waals surface area contributed by atoms with E-state index >= 15 is 0 Å². The number of nitrogens with one attached hydrogen (secondary N) is 1. The predicted octanol–water partition coefficient (Wildman–Crippen LogP) is 4.22. The van der Waals surface area contributed by atoms with Crippen molar-refractivity contribution < 1.29 is 9.53 Å². The van der Waals surface area contributed by atoms with E-state index in [0.717, 1.165) is 54.2 Å². The number of aromatic nitrogens is 2. The lowest BCUT2D eigenvalue weighted by Crippen LogP contribution is -2.47. The number of ether oxygens (including phenoxy) is 1. The number of piperazine rings is 1. The van der Waals surface area contributed by atoms with E-state index in [9.17, 15) is 4.79 Å². The van der Waals surface area contributed by atoms with Crippen LogP contribution in [0, 0.1) is 0 Å². The molecular formula is C26H25N5O2. The molecule has 1 aliphatic rings. The number of carbonyl (C=O) groups is 1. The van der Waals surface area contributed by atoms with Crippen molar-refractivity contribution >= 4 is 33.9 Å². The van der Waals surface area contributed by atoms with Crippen molar-refractivity contribution in [1.29, 1.82) is 0 Å². The molecule has 1 aromatic heterocycles. The molecule has 1 fully saturated rings. The summed E-state index contributed by atoms with van der Waals surface area (Å²) in [5.74, 6) is 1.41. The van der Waals surface area contributed by atoms with E-state index in [2.05, 4.69) is 37.4 Å². The second-order valence-electron chi connectivity index (χ2n) is 7.91. The zero-order valence-electron chi connectivity index (χ0n) is 18.4. The van der Waals surface area contributed by atoms with Gasteiger partial charge in [-0.3, -0.25) is 4.79 Å². The van der Waals surface area contributed by atoms with Gasteiger partial charge in [-0.15, -0.1) is 10.2 Å². The Morgan fingerprint density at radius 3 is 2.12 bits per heavy atom. The SMILES string of the molecule is COc1ccc(N2CCN(c3nnc(C(=O)Nc4ccccc4)c4ccccc34)CC2)cc1. The number of anilines is 3. The van der Waals surface area contributed by atoms with Crippen LogP contribution in [0.3, 0.4) is 0 Å². The van der Waals surface area contributed by atoms with Crippen molar-refractivity contribution in [3.63, 3.8) is 0 Å². The van der Waals surface area contributed by atoms with Crippen LogP contribution in [-0.4, -0.2) is 49.4 Å². The molecule has 166 valence electrons. The van der Waals surface area contributed by atoms with E-state index in [1.807, 2.05) is 66.7 Å². The van der Waals surface area contributed by atoms with Crippen LogP contribution in [0.25, 0.3) is 10.8 Å². The lowest BCUT2D eigenvalue weighted by molar-refractivity contribution is 0.102. The average Bonchev–Trinajstić information content (AvgIpc) is 2.89. The van der Waals surface area contributed by atoms with Gasteiger partial charge in [0.05, 0.1) is 7.11 Å². The number of carbonyl (C=O) groups excluding carboxylic acids is 1. The molecule has 0 aliphatic carbocycles. The number of nitrogens with zero attached hydrogens (tertiary/aromatic N) is 4. The molecule has 4 aromatic rings. The first kappa shape index (κ1) is 20.8. The van der Waals surface area contributed by atoms with Crippen molar-refractivity contribution in [2.45, 2.75) is 0 Å². The summed E-state index contributed by atoms with van der Waals surface area (Å²) in [4.78, 5) is 17.5. The molecule has 1 saturated heterocycles. The van der Waals surface area contributed by atoms with Crippen molar-refractivity contribution in [2.75, 3.05) is 48.4 Å². The van der Waals surface area contributed by atoms with Gasteiger partial charge in [0.15, 0.2) is 11.5 Å². The van der Waals surface area contributed by atoms with Crippen LogP contribution in [0.5, 0.6) is 5.75 Å². The van der Waals surface area contributed by atoms with Crippen molar-refractivity contribution in [2.24, 2.45) is 0 Å². The number of fused-ring (bicyclic) bond motifs is 1. The molecule has 0 bridgehead atoms. The summed E-state index contributed by atoms with van der Waals surface area (Å²) in [5.41, 5.74) is 2.24. The third-order valence-corrected chi connectivity index (χ3v) is 5.93. The molecule has 33 heavy (non-hydrogen) atoms. The van der Waals surface area contributed by atoms with Crippen LogP contribution in [0.2, 0.25) is 0 Å². The number of hydrogen-bond donors (Lipinski definition) is 1. The van der Waals surface area contributed by atoms with Gasteiger partial charge in [0.1, 0.15) is 5.75 Å². The standard InChI is InChI=1S/C26H25N5O2/c1-33-21-13-11-20(12-14-21)30-15-17-31(18-16-30)25-23-10-6-5-9-22(23)24(28-29-25)26(32)27-19-7-3-2-4-8-19/h2-14H,15-18H2,1H3,(H,27,32). The molecule has 3 aromatic carbocycles. The van der Waals surface area contributed by atoms with Crippen molar-refractivity contribution in [1.82, 2.24) is 10.2 Å². The topological polar surface area (TPSA) is 70.6 Å². The number of methoxy groups -OCH3 is 1. The first-order valence-electron chi connectivity index (χ1n) is 11.0. The van der Waals surface area contributed by atoms with E-state index in [1.54, 1.807) is 7.11 Å². The minimum Gasteiger partial charge on any atom is -0.497 e. The van der Waals surface area contributed by atoms with Crippen LogP contribution in [0.15, 0.2) is 78.9 Å². The fourth-order valence-corrected chi connectivity index (χ4v) is 4.17. The molecular weight excluding hydrogens is 414 g/mol. The molecule has 0 saturated carbocycles. The zero-order valence-corrected chi connectivity index (χ0v) is 18.4. The van der Waals surface area contributed by atoms with E-state index in [-0.39, 0.29) is 5.91 Å². The largest absolute Gasteiger partial charge is 0.497 e. The molecule has 7 heteroatoms. The Labute approximate surface area is 192 Å². The molecule has 2 heterocycles. The normalized spacial score (nSPS) is 13.7. The number of para-hydroxylation sites is 1. The summed E-state index contributed by atoms with van der Waals surface area (Å²) in [7, 11) is 1.68. The Morgan fingerprint density at radius 1 is 0.788 bits per heavy atom. The van der Waals surface area contributed by atoms with E-state index in [1.165, 1.54) is 5.69 Å². The van der Waals surface area contributed by atoms with Crippen LogP contribution in [0.4, 0.5) is 17.2 Å². The van der Waals surface area contributed by atoms with Gasteiger partial charge in [0, 0.05) is 48.3 Å². The molecule has 1 amide bonds. The fraction of sp³-hybridized carbons (Fsp3) is 0.192. The predicted molar refractivity (Wildman–Crippen MR) is 131 cm³/mol. The third kappa shape index (κ3) is 4.30. The molecule has 1 aliphatic heterocycles. The van der Waals surface area contributed by atoms with E-state index in [4.69, 9.17) is 4.74 Å². The van der Waals surface area contributed by atoms with Gasteiger partial charge < -0.3 is 19.9 Å². The zero-order chi connectivity index (χ0) is 22.6. The number of hydrogen-bond acceptors (Lipinski definition) is 6. The summed E-state index contributed by atoms with van der Waals surface area (Å²) in [6, 6.07) is 25.4. The number of benzene rings is 3. The van der Waals surface area contributed by atoms with Crippen molar-refractivity contribution in [3.8, 4) is 5.75 Å². The summed E-state index contributed by atoms with van der Waals surface area (Å²) < 4.78 is 5.26. The number of amides is 1. The van der Waals surface area contributed by atoms with Gasteiger partial charge in [-0.2, -0.15) is 0 Å². The highest BCUT2D eigenvalue weighted by Gasteiger charge is 2.23. The lowest BCUT2D eigenvalue weighted by Gasteiger charge is -2.37. The molecule has 0 radical (unpaired) electrons. The lowest BCUT2D eigenvalue weighted by atomic mass is 10.1. The highest BCUT2D eigenvalue weighted by Crippen LogP contribution is 2.28. The molecule has 7 nitrogen and oxygen atoms in total. The maximum absolute atomic E-state index is 12.9. The monoisotopic (exact) mass is 439 g/mol. The Balaban J connectivity index is 1.36. The average molecular weight is 440 g/mol. The van der Waals surface area contributed by atoms with Gasteiger partial charge in [0.25, 0.3) is 5.91 Å². The van der Waals surface area contributed by atoms with Gasteiger partial charge in [-0.05, 0) is 36.4 Å². The third-order valence-electron chi connectivity index (χ3n) is 5.93. The summed E-state index contributed by atoms with van der Waals surface area (Å²) in [5, 5.41) is 13.5. The highest BCUT2D eigenvalue weighted by molar-refractivity contribution is 6.12. The fourth-order valence-electron chi connectivity index (χ4n) is 4.17. The Hall–Kier alpha value is -4.13. The van der Waals surface area contributed by atoms with E-state index in [0.29, 0.717) is 5.69 Å². The minimum absolute atomic E-state index is 0.263. The maximum Gasteiger partial charge on any atom is 0.276 e. The highest BCUT2D eigenvalue weighted by atomic mass is 16.5. The quantitative estimate of drug-likeness (QED) is 0.502. The van der Waals surface area contributed by atoms with Gasteiger partial charge in [0.2, 0.25) is 0 Å². The summed E-state index contributed by atoms with van der Waals surface area (Å²) in [6.07, 6.45) is 0. The van der Waals surface area contributed by atoms with Crippen molar-refractivity contribution in [3.05, 3.63) is 84.6 Å². The Kier molecular flexibility index (Phi) is 5.76. The van der Waals surface area contributed by atoms with Crippen LogP contribution < -0.4 is 19.9 Å². The van der Waals surface area contributed by atoms with E-state index < -0.39 is 0 Å². The molecule has 0 atom stereocenters. The van der Waals surface area contributed by atoms with Gasteiger partial charge in [-0.25, -0.2) is 0 Å². The summed E-state index contributed by atoms with van der Waals surface area (Å²) >= 11 is 0. The van der Waals surface area contributed by atoms with Gasteiger partial charge in [-0.1, -0.05) is 42.5 Å². The second kappa shape index (κ2) is 9.16. The Bertz CT molecular complexity index is 1250.